The fourth-order valence-corrected chi connectivity index (χ4v) is 2.19. The zero-order valence-corrected chi connectivity index (χ0v) is 15.4. The van der Waals surface area contributed by atoms with Gasteiger partial charge in [-0.15, -0.1) is 0 Å². The standard InChI is InChI=1S/C18H26N4O3/c1-6-24-17-9-13(7-8-16(17)23-5)21-18(19-4)20-11-14-10-15(12(2)3)22-25-14/h7-10,12H,6,11H2,1-5H3,(H2,19,20,21). The van der Waals surface area contributed by atoms with Crippen molar-refractivity contribution >= 4 is 11.6 Å². The molecule has 0 atom stereocenters. The number of ether oxygens (including phenoxy) is 2. The Labute approximate surface area is 148 Å². The van der Waals surface area contributed by atoms with E-state index in [1.807, 2.05) is 31.2 Å². The highest BCUT2D eigenvalue weighted by Crippen LogP contribution is 2.30. The summed E-state index contributed by atoms with van der Waals surface area (Å²) in [4.78, 5) is 4.22. The second-order valence-corrected chi connectivity index (χ2v) is 5.72. The average Bonchev–Trinajstić information content (AvgIpc) is 3.08. The summed E-state index contributed by atoms with van der Waals surface area (Å²) in [5, 5.41) is 10.5. The van der Waals surface area contributed by atoms with Crippen molar-refractivity contribution in [2.75, 3.05) is 26.1 Å². The van der Waals surface area contributed by atoms with E-state index in [0.29, 0.717) is 36.5 Å². The van der Waals surface area contributed by atoms with E-state index in [2.05, 4.69) is 34.6 Å². The Kier molecular flexibility index (Phi) is 6.68. The number of methoxy groups -OCH3 is 1. The van der Waals surface area contributed by atoms with Gasteiger partial charge in [0.25, 0.3) is 0 Å². The lowest BCUT2D eigenvalue weighted by Crippen LogP contribution is -2.30. The lowest BCUT2D eigenvalue weighted by atomic mass is 10.1. The number of benzene rings is 1. The second kappa shape index (κ2) is 8.96. The van der Waals surface area contributed by atoms with Gasteiger partial charge in [-0.25, -0.2) is 0 Å². The number of guanidine groups is 1. The van der Waals surface area contributed by atoms with Crippen molar-refractivity contribution in [3.8, 4) is 11.5 Å². The average molecular weight is 346 g/mol. The van der Waals surface area contributed by atoms with Crippen LogP contribution in [-0.4, -0.2) is 31.9 Å². The first-order valence-corrected chi connectivity index (χ1v) is 8.31. The maximum absolute atomic E-state index is 5.59. The van der Waals surface area contributed by atoms with Crippen LogP contribution in [0.25, 0.3) is 0 Å². The van der Waals surface area contributed by atoms with Crippen molar-refractivity contribution in [2.45, 2.75) is 33.2 Å². The van der Waals surface area contributed by atoms with Crippen LogP contribution < -0.4 is 20.1 Å². The minimum Gasteiger partial charge on any atom is -0.493 e. The van der Waals surface area contributed by atoms with E-state index in [0.717, 1.165) is 17.1 Å². The Morgan fingerprint density at radius 3 is 2.68 bits per heavy atom. The number of rotatable bonds is 7. The molecule has 2 rings (SSSR count). The summed E-state index contributed by atoms with van der Waals surface area (Å²) in [6, 6.07) is 7.58. The lowest BCUT2D eigenvalue weighted by Gasteiger charge is -2.14. The van der Waals surface area contributed by atoms with E-state index in [9.17, 15) is 0 Å². The zero-order chi connectivity index (χ0) is 18.2. The van der Waals surface area contributed by atoms with E-state index in [4.69, 9.17) is 14.0 Å². The summed E-state index contributed by atoms with van der Waals surface area (Å²) in [6.07, 6.45) is 0. The third kappa shape index (κ3) is 5.14. The summed E-state index contributed by atoms with van der Waals surface area (Å²) < 4.78 is 16.2. The third-order valence-electron chi connectivity index (χ3n) is 3.55. The van der Waals surface area contributed by atoms with Crippen LogP contribution in [0.5, 0.6) is 11.5 Å². The van der Waals surface area contributed by atoms with Crippen LogP contribution in [0.2, 0.25) is 0 Å². The number of aromatic nitrogens is 1. The molecule has 0 saturated heterocycles. The van der Waals surface area contributed by atoms with Gasteiger partial charge in [-0.3, -0.25) is 4.99 Å². The maximum Gasteiger partial charge on any atom is 0.195 e. The Hall–Kier alpha value is -2.70. The van der Waals surface area contributed by atoms with Gasteiger partial charge in [0.15, 0.2) is 23.2 Å². The first-order valence-electron chi connectivity index (χ1n) is 8.31. The molecule has 0 aliphatic carbocycles. The molecule has 0 aliphatic rings. The molecule has 25 heavy (non-hydrogen) atoms. The highest BCUT2D eigenvalue weighted by molar-refractivity contribution is 5.93. The highest BCUT2D eigenvalue weighted by Gasteiger charge is 2.10. The Morgan fingerprint density at radius 2 is 2.08 bits per heavy atom. The smallest absolute Gasteiger partial charge is 0.195 e. The van der Waals surface area contributed by atoms with Crippen LogP contribution in [0, 0.1) is 0 Å². The minimum atomic E-state index is 0.339. The van der Waals surface area contributed by atoms with Gasteiger partial charge < -0.3 is 24.6 Å². The number of nitrogens with one attached hydrogen (secondary N) is 2. The lowest BCUT2D eigenvalue weighted by molar-refractivity contribution is 0.311. The fraction of sp³-hybridized carbons (Fsp3) is 0.444. The molecule has 1 heterocycles. The largest absolute Gasteiger partial charge is 0.493 e. The topological polar surface area (TPSA) is 80.9 Å². The molecule has 136 valence electrons. The van der Waals surface area contributed by atoms with Crippen LogP contribution in [0.4, 0.5) is 5.69 Å². The Balaban J connectivity index is 2.00. The third-order valence-corrected chi connectivity index (χ3v) is 3.55. The van der Waals surface area contributed by atoms with Crippen molar-refractivity contribution < 1.29 is 14.0 Å². The Morgan fingerprint density at radius 1 is 1.28 bits per heavy atom. The SMILES string of the molecule is CCOc1cc(NC(=NC)NCc2cc(C(C)C)no2)ccc1OC. The van der Waals surface area contributed by atoms with Crippen LogP contribution in [0.1, 0.15) is 38.1 Å². The molecule has 2 N–H and O–H groups in total. The number of hydrogen-bond donors (Lipinski definition) is 2. The molecule has 7 heteroatoms. The van der Waals surface area contributed by atoms with E-state index >= 15 is 0 Å². The molecule has 0 aliphatic heterocycles. The fourth-order valence-electron chi connectivity index (χ4n) is 2.19. The van der Waals surface area contributed by atoms with E-state index in [1.165, 1.54) is 0 Å². The summed E-state index contributed by atoms with van der Waals surface area (Å²) in [5.41, 5.74) is 1.79. The van der Waals surface area contributed by atoms with Gasteiger partial charge >= 0.3 is 0 Å². The predicted octanol–water partition coefficient (Wildman–Crippen LogP) is 3.39. The maximum atomic E-state index is 5.59. The highest BCUT2D eigenvalue weighted by atomic mass is 16.5. The van der Waals surface area contributed by atoms with Crippen molar-refractivity contribution in [3.05, 3.63) is 35.7 Å². The molecule has 0 unspecified atom stereocenters. The molecule has 7 nitrogen and oxygen atoms in total. The molecule has 0 bridgehead atoms. The molecular weight excluding hydrogens is 320 g/mol. The number of anilines is 1. The minimum absolute atomic E-state index is 0.339. The molecule has 1 aromatic heterocycles. The van der Waals surface area contributed by atoms with Crippen molar-refractivity contribution in [1.82, 2.24) is 10.5 Å². The quantitative estimate of drug-likeness (QED) is 0.591. The predicted molar refractivity (Wildman–Crippen MR) is 98.6 cm³/mol. The monoisotopic (exact) mass is 346 g/mol. The van der Waals surface area contributed by atoms with Gasteiger partial charge in [0.2, 0.25) is 0 Å². The van der Waals surface area contributed by atoms with Crippen LogP contribution in [-0.2, 0) is 6.54 Å². The van der Waals surface area contributed by atoms with E-state index < -0.39 is 0 Å². The normalized spacial score (nSPS) is 11.5. The summed E-state index contributed by atoms with van der Waals surface area (Å²) in [5.74, 6) is 3.10. The summed E-state index contributed by atoms with van der Waals surface area (Å²) in [7, 11) is 3.33. The molecule has 0 spiro atoms. The van der Waals surface area contributed by atoms with Crippen LogP contribution in [0.15, 0.2) is 33.8 Å². The molecule has 1 aromatic carbocycles. The molecule has 2 aromatic rings. The molecule has 0 amide bonds. The molecule has 0 saturated carbocycles. The Bertz CT molecular complexity index is 710. The van der Waals surface area contributed by atoms with Gasteiger partial charge in [0, 0.05) is 24.9 Å². The number of aliphatic imine (C=N–C) groups is 1. The summed E-state index contributed by atoms with van der Waals surface area (Å²) in [6.45, 7) is 7.15. The van der Waals surface area contributed by atoms with Crippen LogP contribution >= 0.6 is 0 Å². The molecule has 0 radical (unpaired) electrons. The first-order chi connectivity index (χ1) is 12.1. The van der Waals surface area contributed by atoms with E-state index in [-0.39, 0.29) is 0 Å². The van der Waals surface area contributed by atoms with Crippen molar-refractivity contribution in [3.63, 3.8) is 0 Å². The first kappa shape index (κ1) is 18.6. The molecular formula is C18H26N4O3. The molecule has 0 fully saturated rings. The van der Waals surface area contributed by atoms with Gasteiger partial charge in [0.05, 0.1) is 26.0 Å². The second-order valence-electron chi connectivity index (χ2n) is 5.72. The van der Waals surface area contributed by atoms with Gasteiger partial charge in [-0.1, -0.05) is 19.0 Å². The van der Waals surface area contributed by atoms with Gasteiger partial charge in [-0.05, 0) is 25.0 Å². The van der Waals surface area contributed by atoms with Crippen molar-refractivity contribution in [2.24, 2.45) is 4.99 Å². The number of hydrogen-bond acceptors (Lipinski definition) is 5. The number of nitrogens with zero attached hydrogens (tertiary/aromatic N) is 2. The van der Waals surface area contributed by atoms with E-state index in [1.54, 1.807) is 14.2 Å². The van der Waals surface area contributed by atoms with Crippen LogP contribution in [0.3, 0.4) is 0 Å². The summed E-state index contributed by atoms with van der Waals surface area (Å²) >= 11 is 0. The van der Waals surface area contributed by atoms with Gasteiger partial charge in [0.1, 0.15) is 0 Å². The van der Waals surface area contributed by atoms with Gasteiger partial charge in [-0.2, -0.15) is 0 Å². The van der Waals surface area contributed by atoms with Crippen molar-refractivity contribution in [1.29, 1.82) is 0 Å². The zero-order valence-electron chi connectivity index (χ0n) is 15.4.